The maximum Gasteiger partial charge on any atom is 0.418 e. The van der Waals surface area contributed by atoms with Crippen LogP contribution in [0.3, 0.4) is 0 Å². The molecule has 0 saturated heterocycles. The number of hydrogen-bond donors (Lipinski definition) is 1. The van der Waals surface area contributed by atoms with Crippen LogP contribution in [0.4, 0.5) is 18.9 Å². The van der Waals surface area contributed by atoms with Crippen molar-refractivity contribution in [2.24, 2.45) is 0 Å². The van der Waals surface area contributed by atoms with Crippen molar-refractivity contribution in [3.8, 4) is 0 Å². The minimum Gasteiger partial charge on any atom is -0.478 e. The Labute approximate surface area is 109 Å². The van der Waals surface area contributed by atoms with Crippen LogP contribution in [0.25, 0.3) is 0 Å². The number of aromatic carboxylic acids is 1. The van der Waals surface area contributed by atoms with Gasteiger partial charge in [-0.05, 0) is 25.1 Å². The van der Waals surface area contributed by atoms with Crippen molar-refractivity contribution in [1.82, 2.24) is 0 Å². The Balaban J connectivity index is 3.38. The Hall–Kier alpha value is -1.98. The molecule has 0 aliphatic heterocycles. The largest absolute Gasteiger partial charge is 0.478 e. The summed E-state index contributed by atoms with van der Waals surface area (Å²) >= 11 is 0. The molecule has 1 rings (SSSR count). The van der Waals surface area contributed by atoms with Crippen LogP contribution in [-0.2, 0) is 6.18 Å². The molecule has 6 heteroatoms. The maximum atomic E-state index is 13.0. The molecule has 0 unspecified atom stereocenters. The van der Waals surface area contributed by atoms with Gasteiger partial charge in [-0.1, -0.05) is 6.08 Å². The fourth-order valence-corrected chi connectivity index (χ4v) is 1.73. The number of carboxylic acids is 1. The zero-order valence-electron chi connectivity index (χ0n) is 10.4. The number of carbonyl (C=O) groups is 1. The molecule has 0 saturated carbocycles. The second kappa shape index (κ2) is 5.77. The predicted octanol–water partition coefficient (Wildman–Crippen LogP) is 3.42. The Morgan fingerprint density at radius 3 is 2.53 bits per heavy atom. The normalized spacial score (nSPS) is 11.2. The topological polar surface area (TPSA) is 40.5 Å². The van der Waals surface area contributed by atoms with E-state index in [0.29, 0.717) is 12.6 Å². The number of hydrogen-bond acceptors (Lipinski definition) is 2. The van der Waals surface area contributed by atoms with Gasteiger partial charge < -0.3 is 10.0 Å². The van der Waals surface area contributed by atoms with E-state index in [1.54, 1.807) is 6.92 Å². The fourth-order valence-electron chi connectivity index (χ4n) is 1.73. The van der Waals surface area contributed by atoms with Crippen molar-refractivity contribution < 1.29 is 23.1 Å². The number of nitrogens with zero attached hydrogens (tertiary/aromatic N) is 1. The third-order valence-corrected chi connectivity index (χ3v) is 2.62. The molecule has 0 aliphatic carbocycles. The van der Waals surface area contributed by atoms with Gasteiger partial charge in [0, 0.05) is 18.8 Å². The number of anilines is 1. The van der Waals surface area contributed by atoms with Crippen molar-refractivity contribution >= 4 is 11.7 Å². The van der Waals surface area contributed by atoms with Crippen molar-refractivity contribution in [2.45, 2.75) is 13.1 Å². The molecule has 0 heterocycles. The highest BCUT2D eigenvalue weighted by Gasteiger charge is 2.35. The summed E-state index contributed by atoms with van der Waals surface area (Å²) < 4.78 is 38.9. The first-order valence-corrected chi connectivity index (χ1v) is 5.61. The van der Waals surface area contributed by atoms with Crippen LogP contribution in [0.2, 0.25) is 0 Å². The summed E-state index contributed by atoms with van der Waals surface area (Å²) in [5.74, 6) is -1.39. The first kappa shape index (κ1) is 15.1. The van der Waals surface area contributed by atoms with Gasteiger partial charge in [0.05, 0.1) is 11.1 Å². The van der Waals surface area contributed by atoms with Gasteiger partial charge in [0.15, 0.2) is 0 Å². The minimum absolute atomic E-state index is 0.0418. The molecule has 1 N–H and O–H groups in total. The second-order valence-electron chi connectivity index (χ2n) is 3.86. The smallest absolute Gasteiger partial charge is 0.418 e. The molecular formula is C13H14F3NO2. The third-order valence-electron chi connectivity index (χ3n) is 2.62. The number of rotatable bonds is 5. The van der Waals surface area contributed by atoms with E-state index in [4.69, 9.17) is 5.11 Å². The van der Waals surface area contributed by atoms with Crippen LogP contribution < -0.4 is 4.90 Å². The molecular weight excluding hydrogens is 259 g/mol. The average Bonchev–Trinajstić information content (AvgIpc) is 2.34. The van der Waals surface area contributed by atoms with E-state index in [0.717, 1.165) is 0 Å². The quantitative estimate of drug-likeness (QED) is 0.836. The standard InChI is InChI=1S/C13H14F3NO2/c1-3-7-17(4-2)11-6-5-9(12(18)19)8-10(11)13(14,15)16/h3,5-6,8H,1,4,7H2,2H3,(H,18,19). The Kier molecular flexibility index (Phi) is 4.58. The molecule has 1 aromatic carbocycles. The summed E-state index contributed by atoms with van der Waals surface area (Å²) in [6, 6.07) is 3.00. The van der Waals surface area contributed by atoms with E-state index in [1.165, 1.54) is 23.1 Å². The predicted molar refractivity (Wildman–Crippen MR) is 66.5 cm³/mol. The van der Waals surface area contributed by atoms with E-state index in [1.807, 2.05) is 0 Å². The van der Waals surface area contributed by atoms with Crippen LogP contribution in [0, 0.1) is 0 Å². The molecule has 0 fully saturated rings. The van der Waals surface area contributed by atoms with Gasteiger partial charge in [-0.15, -0.1) is 6.58 Å². The van der Waals surface area contributed by atoms with Crippen LogP contribution >= 0.6 is 0 Å². The molecule has 19 heavy (non-hydrogen) atoms. The summed E-state index contributed by atoms with van der Waals surface area (Å²) in [5.41, 5.74) is -1.37. The number of halogens is 3. The zero-order valence-corrected chi connectivity index (χ0v) is 10.4. The van der Waals surface area contributed by atoms with E-state index in [-0.39, 0.29) is 17.8 Å². The highest BCUT2D eigenvalue weighted by Crippen LogP contribution is 2.37. The highest BCUT2D eigenvalue weighted by molar-refractivity contribution is 5.88. The van der Waals surface area contributed by atoms with Crippen molar-refractivity contribution in [1.29, 1.82) is 0 Å². The average molecular weight is 273 g/mol. The molecule has 0 aromatic heterocycles. The number of benzene rings is 1. The molecule has 0 bridgehead atoms. The van der Waals surface area contributed by atoms with E-state index < -0.39 is 17.7 Å². The third kappa shape index (κ3) is 3.49. The lowest BCUT2D eigenvalue weighted by atomic mass is 10.1. The molecule has 0 atom stereocenters. The van der Waals surface area contributed by atoms with Crippen molar-refractivity contribution in [2.75, 3.05) is 18.0 Å². The van der Waals surface area contributed by atoms with Crippen LogP contribution in [0.5, 0.6) is 0 Å². The first-order chi connectivity index (χ1) is 8.81. The molecule has 0 radical (unpaired) electrons. The molecule has 0 aliphatic rings. The van der Waals surface area contributed by atoms with Gasteiger partial charge in [0.1, 0.15) is 0 Å². The van der Waals surface area contributed by atoms with Gasteiger partial charge >= 0.3 is 12.1 Å². The molecule has 0 amide bonds. The number of carboxylic acid groups (broad SMARTS) is 1. The summed E-state index contributed by atoms with van der Waals surface area (Å²) in [6.07, 6.45) is -3.11. The van der Waals surface area contributed by atoms with Gasteiger partial charge in [0.2, 0.25) is 0 Å². The highest BCUT2D eigenvalue weighted by atomic mass is 19.4. The SMILES string of the molecule is C=CCN(CC)c1ccc(C(=O)O)cc1C(F)(F)F. The summed E-state index contributed by atoms with van der Waals surface area (Å²) in [4.78, 5) is 12.2. The second-order valence-corrected chi connectivity index (χ2v) is 3.86. The van der Waals surface area contributed by atoms with Gasteiger partial charge in [-0.25, -0.2) is 4.79 Å². The first-order valence-electron chi connectivity index (χ1n) is 5.61. The summed E-state index contributed by atoms with van der Waals surface area (Å²) in [7, 11) is 0. The zero-order chi connectivity index (χ0) is 14.6. The lowest BCUT2D eigenvalue weighted by Gasteiger charge is -2.25. The van der Waals surface area contributed by atoms with Crippen LogP contribution in [-0.4, -0.2) is 24.2 Å². The van der Waals surface area contributed by atoms with E-state index in [9.17, 15) is 18.0 Å². The number of alkyl halides is 3. The molecule has 3 nitrogen and oxygen atoms in total. The molecule has 1 aromatic rings. The summed E-state index contributed by atoms with van der Waals surface area (Å²) in [6.45, 7) is 5.83. The Bertz CT molecular complexity index is 483. The van der Waals surface area contributed by atoms with Crippen molar-refractivity contribution in [3.05, 3.63) is 42.0 Å². The van der Waals surface area contributed by atoms with Crippen molar-refractivity contribution in [3.63, 3.8) is 0 Å². The Morgan fingerprint density at radius 2 is 2.11 bits per heavy atom. The Morgan fingerprint density at radius 1 is 1.47 bits per heavy atom. The minimum atomic E-state index is -4.60. The lowest BCUT2D eigenvalue weighted by molar-refractivity contribution is -0.137. The van der Waals surface area contributed by atoms with Crippen LogP contribution in [0.15, 0.2) is 30.9 Å². The van der Waals surface area contributed by atoms with E-state index in [2.05, 4.69) is 6.58 Å². The molecule has 0 spiro atoms. The fraction of sp³-hybridized carbons (Fsp3) is 0.308. The number of likely N-dealkylation sites (N-methyl/N-ethyl adjacent to an activating group) is 1. The summed E-state index contributed by atoms with van der Waals surface area (Å²) in [5, 5.41) is 8.77. The van der Waals surface area contributed by atoms with E-state index >= 15 is 0 Å². The van der Waals surface area contributed by atoms with Gasteiger partial charge in [-0.2, -0.15) is 13.2 Å². The molecule has 104 valence electrons. The van der Waals surface area contributed by atoms with Gasteiger partial charge in [-0.3, -0.25) is 0 Å². The van der Waals surface area contributed by atoms with Gasteiger partial charge in [0.25, 0.3) is 0 Å². The monoisotopic (exact) mass is 273 g/mol. The maximum absolute atomic E-state index is 13.0. The lowest BCUT2D eigenvalue weighted by Crippen LogP contribution is -2.26. The van der Waals surface area contributed by atoms with Crippen LogP contribution in [0.1, 0.15) is 22.8 Å².